The summed E-state index contributed by atoms with van der Waals surface area (Å²) in [5.74, 6) is 0.899. The molecule has 80 valence electrons. The summed E-state index contributed by atoms with van der Waals surface area (Å²) in [6.07, 6.45) is 3.92. The van der Waals surface area contributed by atoms with Crippen LogP contribution in [-0.2, 0) is 9.59 Å². The van der Waals surface area contributed by atoms with Crippen LogP contribution in [0.2, 0.25) is 0 Å². The number of hydrogen-bond acceptors (Lipinski definition) is 2. The van der Waals surface area contributed by atoms with Crippen molar-refractivity contribution in [2.75, 3.05) is 0 Å². The average Bonchev–Trinajstić information content (AvgIpc) is 2.01. The van der Waals surface area contributed by atoms with E-state index in [1.54, 1.807) is 13.8 Å². The SMILES string of the molecule is CC(=O)C[C@@H]1CCC[C@H](I)[C@H]1C(C)=O. The van der Waals surface area contributed by atoms with E-state index in [0.29, 0.717) is 16.3 Å². The first kappa shape index (κ1) is 12.1. The highest BCUT2D eigenvalue weighted by Gasteiger charge is 2.35. The lowest BCUT2D eigenvalue weighted by molar-refractivity contribution is -0.124. The van der Waals surface area contributed by atoms with E-state index in [2.05, 4.69) is 22.6 Å². The van der Waals surface area contributed by atoms with Gasteiger partial charge in [-0.2, -0.15) is 0 Å². The van der Waals surface area contributed by atoms with Crippen LogP contribution >= 0.6 is 22.6 Å². The quantitative estimate of drug-likeness (QED) is 0.593. The minimum Gasteiger partial charge on any atom is -0.300 e. The molecule has 0 aromatic rings. The van der Waals surface area contributed by atoms with Crippen molar-refractivity contribution in [3.8, 4) is 0 Å². The van der Waals surface area contributed by atoms with Crippen LogP contribution in [0.5, 0.6) is 0 Å². The zero-order valence-corrected chi connectivity index (χ0v) is 10.9. The van der Waals surface area contributed by atoms with Crippen LogP contribution in [0.4, 0.5) is 0 Å². The van der Waals surface area contributed by atoms with Gasteiger partial charge in [-0.1, -0.05) is 29.0 Å². The van der Waals surface area contributed by atoms with Crippen molar-refractivity contribution < 1.29 is 9.59 Å². The summed E-state index contributed by atoms with van der Waals surface area (Å²) >= 11 is 2.36. The third-order valence-corrected chi connectivity index (χ3v) is 4.37. The first-order valence-corrected chi connectivity index (χ1v) is 6.41. The number of Topliss-reactive ketones (excluding diaryl/α,β-unsaturated/α-hetero) is 2. The molecule has 0 N–H and O–H groups in total. The van der Waals surface area contributed by atoms with Crippen LogP contribution in [0.25, 0.3) is 0 Å². The van der Waals surface area contributed by atoms with Gasteiger partial charge in [-0.3, -0.25) is 4.79 Å². The summed E-state index contributed by atoms with van der Waals surface area (Å²) < 4.78 is 0.434. The molecule has 2 nitrogen and oxygen atoms in total. The van der Waals surface area contributed by atoms with Crippen LogP contribution in [0.3, 0.4) is 0 Å². The number of carbonyl (C=O) groups excluding carboxylic acids is 2. The largest absolute Gasteiger partial charge is 0.300 e. The molecular weight excluding hydrogens is 291 g/mol. The van der Waals surface area contributed by atoms with Gasteiger partial charge in [0.15, 0.2) is 0 Å². The normalized spacial score (nSPS) is 32.6. The highest BCUT2D eigenvalue weighted by molar-refractivity contribution is 14.1. The minimum absolute atomic E-state index is 0.119. The molecule has 1 rings (SSSR count). The third kappa shape index (κ3) is 3.04. The maximum absolute atomic E-state index is 11.5. The predicted octanol–water partition coefficient (Wildman–Crippen LogP) is 2.77. The first-order chi connectivity index (χ1) is 6.52. The van der Waals surface area contributed by atoms with Crippen LogP contribution in [-0.4, -0.2) is 15.5 Å². The fraction of sp³-hybridized carbons (Fsp3) is 0.818. The Hall–Kier alpha value is 0.0700. The number of alkyl halides is 1. The molecule has 0 amide bonds. The van der Waals surface area contributed by atoms with Crippen LogP contribution < -0.4 is 0 Å². The number of rotatable bonds is 3. The molecule has 1 fully saturated rings. The fourth-order valence-electron chi connectivity index (χ4n) is 2.41. The molecule has 0 saturated heterocycles. The number of halogens is 1. The third-order valence-electron chi connectivity index (χ3n) is 2.97. The van der Waals surface area contributed by atoms with Crippen molar-refractivity contribution in [3.63, 3.8) is 0 Å². The van der Waals surface area contributed by atoms with Gasteiger partial charge in [0.25, 0.3) is 0 Å². The van der Waals surface area contributed by atoms with Crippen molar-refractivity contribution in [2.24, 2.45) is 11.8 Å². The van der Waals surface area contributed by atoms with Gasteiger partial charge in [-0.25, -0.2) is 0 Å². The molecule has 14 heavy (non-hydrogen) atoms. The lowest BCUT2D eigenvalue weighted by Crippen LogP contribution is -2.34. The van der Waals surface area contributed by atoms with E-state index < -0.39 is 0 Å². The molecule has 3 heteroatoms. The molecule has 0 aromatic carbocycles. The molecule has 0 radical (unpaired) electrons. The van der Waals surface area contributed by atoms with Crippen molar-refractivity contribution >= 4 is 34.2 Å². The van der Waals surface area contributed by atoms with E-state index in [1.807, 2.05) is 0 Å². The molecule has 3 atom stereocenters. The monoisotopic (exact) mass is 308 g/mol. The van der Waals surface area contributed by atoms with Gasteiger partial charge in [0.1, 0.15) is 11.6 Å². The summed E-state index contributed by atoms with van der Waals surface area (Å²) in [5.41, 5.74) is 0. The Morgan fingerprint density at radius 3 is 2.43 bits per heavy atom. The standard InChI is InChI=1S/C11H17IO2/c1-7(13)6-9-4-3-5-10(12)11(9)8(2)14/h9-11H,3-6H2,1-2H3/t9-,10-,11-/m0/s1. The molecular formula is C11H17IO2. The minimum atomic E-state index is 0.119. The molecule has 0 spiro atoms. The summed E-state index contributed by atoms with van der Waals surface area (Å²) in [7, 11) is 0. The van der Waals surface area contributed by atoms with Gasteiger partial charge in [-0.15, -0.1) is 0 Å². The molecule has 0 bridgehead atoms. The average molecular weight is 308 g/mol. The molecule has 0 heterocycles. The van der Waals surface area contributed by atoms with Crippen LogP contribution in [0, 0.1) is 11.8 Å². The molecule has 1 aliphatic rings. The maximum atomic E-state index is 11.5. The maximum Gasteiger partial charge on any atom is 0.134 e. The Balaban J connectivity index is 2.69. The summed E-state index contributed by atoms with van der Waals surface area (Å²) in [6, 6.07) is 0. The van der Waals surface area contributed by atoms with E-state index in [9.17, 15) is 9.59 Å². The highest BCUT2D eigenvalue weighted by atomic mass is 127. The Bertz CT molecular complexity index is 237. The van der Waals surface area contributed by atoms with Crippen LogP contribution in [0.15, 0.2) is 0 Å². The lowest BCUT2D eigenvalue weighted by Gasteiger charge is -2.33. The van der Waals surface area contributed by atoms with Gasteiger partial charge < -0.3 is 4.79 Å². The van der Waals surface area contributed by atoms with Crippen molar-refractivity contribution in [1.29, 1.82) is 0 Å². The Morgan fingerprint density at radius 2 is 1.93 bits per heavy atom. The summed E-state index contributed by atoms with van der Waals surface area (Å²) in [5, 5.41) is 0. The zero-order chi connectivity index (χ0) is 10.7. The Morgan fingerprint density at radius 1 is 1.29 bits per heavy atom. The summed E-state index contributed by atoms with van der Waals surface area (Å²) in [4.78, 5) is 22.6. The van der Waals surface area contributed by atoms with Crippen molar-refractivity contribution in [1.82, 2.24) is 0 Å². The van der Waals surface area contributed by atoms with E-state index >= 15 is 0 Å². The van der Waals surface area contributed by atoms with Crippen molar-refractivity contribution in [2.45, 2.75) is 43.5 Å². The first-order valence-electron chi connectivity index (χ1n) is 5.16. The van der Waals surface area contributed by atoms with Gasteiger partial charge in [0.2, 0.25) is 0 Å². The number of ketones is 2. The molecule has 0 unspecified atom stereocenters. The van der Waals surface area contributed by atoms with Gasteiger partial charge in [-0.05, 0) is 32.6 Å². The van der Waals surface area contributed by atoms with E-state index in [-0.39, 0.29) is 17.5 Å². The zero-order valence-electron chi connectivity index (χ0n) is 8.75. The Kier molecular flexibility index (Phi) is 4.54. The molecule has 0 aromatic heterocycles. The van der Waals surface area contributed by atoms with Gasteiger partial charge in [0.05, 0.1) is 0 Å². The summed E-state index contributed by atoms with van der Waals surface area (Å²) in [6.45, 7) is 3.28. The molecule has 1 aliphatic carbocycles. The van der Waals surface area contributed by atoms with Crippen molar-refractivity contribution in [3.05, 3.63) is 0 Å². The van der Waals surface area contributed by atoms with E-state index in [1.165, 1.54) is 0 Å². The predicted molar refractivity (Wildman–Crippen MR) is 64.6 cm³/mol. The second-order valence-corrected chi connectivity index (χ2v) is 5.85. The highest BCUT2D eigenvalue weighted by Crippen LogP contribution is 2.37. The van der Waals surface area contributed by atoms with Gasteiger partial charge >= 0.3 is 0 Å². The topological polar surface area (TPSA) is 34.1 Å². The fourth-order valence-corrected chi connectivity index (χ4v) is 3.95. The van der Waals surface area contributed by atoms with E-state index in [4.69, 9.17) is 0 Å². The smallest absolute Gasteiger partial charge is 0.134 e. The van der Waals surface area contributed by atoms with Crippen LogP contribution in [0.1, 0.15) is 39.5 Å². The number of carbonyl (C=O) groups is 2. The second kappa shape index (κ2) is 5.24. The molecule has 0 aliphatic heterocycles. The second-order valence-electron chi connectivity index (χ2n) is 4.25. The van der Waals surface area contributed by atoms with E-state index in [0.717, 1.165) is 19.3 Å². The Labute approximate surface area is 99.0 Å². The molecule has 1 saturated carbocycles. The van der Waals surface area contributed by atoms with Gasteiger partial charge in [0, 0.05) is 16.3 Å². The lowest BCUT2D eigenvalue weighted by atomic mass is 9.75. The number of hydrogen-bond donors (Lipinski definition) is 0.